The van der Waals surface area contributed by atoms with Crippen molar-refractivity contribution in [1.82, 2.24) is 15.1 Å². The van der Waals surface area contributed by atoms with Gasteiger partial charge in [0.25, 0.3) is 5.91 Å². The fourth-order valence-corrected chi connectivity index (χ4v) is 2.48. The monoisotopic (exact) mass is 351 g/mol. The highest BCUT2D eigenvalue weighted by Gasteiger charge is 2.09. The number of amides is 1. The fourth-order valence-electron chi connectivity index (χ4n) is 2.48. The lowest BCUT2D eigenvalue weighted by molar-refractivity contribution is 0.0947. The topological polar surface area (TPSA) is 76.4 Å². The first-order valence-corrected chi connectivity index (χ1v) is 8.40. The summed E-state index contributed by atoms with van der Waals surface area (Å²) in [6, 6.07) is 16.3. The molecule has 0 aliphatic heterocycles. The third kappa shape index (κ3) is 4.63. The van der Waals surface area contributed by atoms with Gasteiger partial charge < -0.3 is 15.2 Å². The molecule has 6 heteroatoms. The molecular formula is C20H21N3O3. The van der Waals surface area contributed by atoms with Gasteiger partial charge in [0, 0.05) is 12.7 Å². The van der Waals surface area contributed by atoms with Gasteiger partial charge in [0.15, 0.2) is 6.73 Å². The van der Waals surface area contributed by atoms with Gasteiger partial charge in [0.05, 0.1) is 0 Å². The Morgan fingerprint density at radius 3 is 2.69 bits per heavy atom. The number of nitrogens with zero attached hydrogens (tertiary/aromatic N) is 2. The number of ether oxygens (including phenoxy) is 1. The minimum absolute atomic E-state index is 0.224. The minimum atomic E-state index is -0.224. The summed E-state index contributed by atoms with van der Waals surface area (Å²) in [5.74, 6) is 0.803. The standard InChI is InChI=1S/C20H21N3O3/c1-15-4-2-3-5-19(15)26-14-23-13-11-18(22-23)20(25)21-12-10-16-6-8-17(24)9-7-16/h2-9,11,13,24H,10,12,14H2,1H3,(H,21,25). The zero-order valence-electron chi connectivity index (χ0n) is 14.6. The second-order valence-electron chi connectivity index (χ2n) is 5.95. The molecule has 3 aromatic rings. The second kappa shape index (κ2) is 8.20. The van der Waals surface area contributed by atoms with Crippen molar-refractivity contribution in [3.63, 3.8) is 0 Å². The van der Waals surface area contributed by atoms with Crippen LogP contribution < -0.4 is 10.1 Å². The maximum absolute atomic E-state index is 12.2. The fraction of sp³-hybridized carbons (Fsp3) is 0.200. The first kappa shape index (κ1) is 17.5. The molecule has 0 saturated carbocycles. The van der Waals surface area contributed by atoms with Crippen molar-refractivity contribution in [2.24, 2.45) is 0 Å². The predicted octanol–water partition coefficient (Wildman–Crippen LogP) is 2.91. The molecule has 6 nitrogen and oxygen atoms in total. The Balaban J connectivity index is 1.48. The predicted molar refractivity (Wildman–Crippen MR) is 98.2 cm³/mol. The molecule has 0 spiro atoms. The van der Waals surface area contributed by atoms with Crippen molar-refractivity contribution in [3.05, 3.63) is 77.6 Å². The van der Waals surface area contributed by atoms with Crippen molar-refractivity contribution < 1.29 is 14.6 Å². The molecule has 0 aliphatic rings. The molecule has 1 heterocycles. The van der Waals surface area contributed by atoms with E-state index in [2.05, 4.69) is 10.4 Å². The Morgan fingerprint density at radius 2 is 1.92 bits per heavy atom. The molecule has 1 aromatic heterocycles. The Bertz CT molecular complexity index is 872. The third-order valence-corrected chi connectivity index (χ3v) is 3.95. The summed E-state index contributed by atoms with van der Waals surface area (Å²) in [5.41, 5.74) is 2.44. The van der Waals surface area contributed by atoms with Gasteiger partial charge in [-0.1, -0.05) is 30.3 Å². The van der Waals surface area contributed by atoms with Gasteiger partial charge in [-0.05, 0) is 48.7 Å². The number of rotatable bonds is 7. The zero-order chi connectivity index (χ0) is 18.4. The van der Waals surface area contributed by atoms with E-state index in [1.807, 2.05) is 43.3 Å². The Morgan fingerprint density at radius 1 is 1.15 bits per heavy atom. The second-order valence-corrected chi connectivity index (χ2v) is 5.95. The zero-order valence-corrected chi connectivity index (χ0v) is 14.6. The number of benzene rings is 2. The maximum atomic E-state index is 12.2. The summed E-state index contributed by atoms with van der Waals surface area (Å²) in [7, 11) is 0. The van der Waals surface area contributed by atoms with Crippen molar-refractivity contribution >= 4 is 5.91 Å². The number of carbonyl (C=O) groups is 1. The van der Waals surface area contributed by atoms with Gasteiger partial charge in [-0.25, -0.2) is 4.68 Å². The average molecular weight is 351 g/mol. The van der Waals surface area contributed by atoms with Crippen LogP contribution in [0.1, 0.15) is 21.6 Å². The number of para-hydroxylation sites is 1. The molecule has 0 aliphatic carbocycles. The number of phenols is 1. The van der Waals surface area contributed by atoms with Crippen molar-refractivity contribution in [2.45, 2.75) is 20.1 Å². The number of hydrogen-bond acceptors (Lipinski definition) is 4. The number of aryl methyl sites for hydroxylation is 1. The Labute approximate surface area is 152 Å². The maximum Gasteiger partial charge on any atom is 0.271 e. The van der Waals surface area contributed by atoms with Gasteiger partial charge in [-0.3, -0.25) is 4.79 Å². The van der Waals surface area contributed by atoms with Gasteiger partial charge in [0.2, 0.25) is 0 Å². The van der Waals surface area contributed by atoms with Crippen molar-refractivity contribution in [3.8, 4) is 11.5 Å². The summed E-state index contributed by atoms with van der Waals surface area (Å²) in [5, 5.41) is 16.3. The summed E-state index contributed by atoms with van der Waals surface area (Å²) in [6.45, 7) is 2.72. The lowest BCUT2D eigenvalue weighted by Crippen LogP contribution is -2.26. The lowest BCUT2D eigenvalue weighted by atomic mass is 10.1. The minimum Gasteiger partial charge on any atom is -0.508 e. The largest absolute Gasteiger partial charge is 0.508 e. The quantitative estimate of drug-likeness (QED) is 0.686. The SMILES string of the molecule is Cc1ccccc1OCn1ccc(C(=O)NCCc2ccc(O)cc2)n1. The number of nitrogens with one attached hydrogen (secondary N) is 1. The van der Waals surface area contributed by atoms with Crippen LogP contribution in [-0.2, 0) is 13.2 Å². The summed E-state index contributed by atoms with van der Waals surface area (Å²) < 4.78 is 7.30. The number of carbonyl (C=O) groups excluding carboxylic acids is 1. The van der Waals surface area contributed by atoms with E-state index >= 15 is 0 Å². The van der Waals surface area contributed by atoms with E-state index in [1.54, 1.807) is 29.1 Å². The average Bonchev–Trinajstić information content (AvgIpc) is 3.12. The number of aromatic hydroxyl groups is 1. The molecule has 2 aromatic carbocycles. The first-order valence-electron chi connectivity index (χ1n) is 8.40. The molecule has 0 unspecified atom stereocenters. The molecule has 2 N–H and O–H groups in total. The highest BCUT2D eigenvalue weighted by Crippen LogP contribution is 2.16. The van der Waals surface area contributed by atoms with Crippen LogP contribution in [0.5, 0.6) is 11.5 Å². The molecule has 0 fully saturated rings. The van der Waals surface area contributed by atoms with E-state index in [0.29, 0.717) is 18.7 Å². The number of phenolic OH excluding ortho intramolecular Hbond substituents is 1. The Hall–Kier alpha value is -3.28. The van der Waals surface area contributed by atoms with Gasteiger partial charge in [-0.2, -0.15) is 5.10 Å². The van der Waals surface area contributed by atoms with E-state index in [-0.39, 0.29) is 18.4 Å². The van der Waals surface area contributed by atoms with Crippen LogP contribution in [0, 0.1) is 6.92 Å². The van der Waals surface area contributed by atoms with Crippen LogP contribution in [0.3, 0.4) is 0 Å². The molecule has 134 valence electrons. The van der Waals surface area contributed by atoms with Crippen LogP contribution in [0.4, 0.5) is 0 Å². The van der Waals surface area contributed by atoms with Gasteiger partial charge in [0.1, 0.15) is 17.2 Å². The molecule has 3 rings (SSSR count). The normalized spacial score (nSPS) is 10.5. The van der Waals surface area contributed by atoms with Crippen LogP contribution in [0.25, 0.3) is 0 Å². The van der Waals surface area contributed by atoms with E-state index in [9.17, 15) is 9.90 Å². The third-order valence-electron chi connectivity index (χ3n) is 3.95. The molecule has 0 saturated heterocycles. The smallest absolute Gasteiger partial charge is 0.271 e. The molecule has 0 radical (unpaired) electrons. The Kier molecular flexibility index (Phi) is 5.53. The van der Waals surface area contributed by atoms with E-state index in [4.69, 9.17) is 4.74 Å². The van der Waals surface area contributed by atoms with Gasteiger partial charge >= 0.3 is 0 Å². The van der Waals surface area contributed by atoms with Crippen molar-refractivity contribution in [1.29, 1.82) is 0 Å². The highest BCUT2D eigenvalue weighted by molar-refractivity contribution is 5.92. The van der Waals surface area contributed by atoms with Crippen LogP contribution in [-0.4, -0.2) is 27.3 Å². The van der Waals surface area contributed by atoms with Gasteiger partial charge in [-0.15, -0.1) is 0 Å². The van der Waals surface area contributed by atoms with E-state index in [1.165, 1.54) is 0 Å². The number of aromatic nitrogens is 2. The molecule has 1 amide bonds. The molecular weight excluding hydrogens is 330 g/mol. The van der Waals surface area contributed by atoms with Crippen LogP contribution in [0.15, 0.2) is 60.8 Å². The lowest BCUT2D eigenvalue weighted by Gasteiger charge is -2.08. The summed E-state index contributed by atoms with van der Waals surface area (Å²) >= 11 is 0. The van der Waals surface area contributed by atoms with E-state index < -0.39 is 0 Å². The number of hydrogen-bond donors (Lipinski definition) is 2. The first-order chi connectivity index (χ1) is 12.6. The summed E-state index contributed by atoms with van der Waals surface area (Å²) in [4.78, 5) is 12.2. The highest BCUT2D eigenvalue weighted by atomic mass is 16.5. The molecule has 26 heavy (non-hydrogen) atoms. The van der Waals surface area contributed by atoms with E-state index in [0.717, 1.165) is 16.9 Å². The molecule has 0 bridgehead atoms. The van der Waals surface area contributed by atoms with Crippen LogP contribution >= 0.6 is 0 Å². The summed E-state index contributed by atoms with van der Waals surface area (Å²) in [6.07, 6.45) is 2.40. The van der Waals surface area contributed by atoms with Crippen LogP contribution in [0.2, 0.25) is 0 Å². The van der Waals surface area contributed by atoms with Crippen molar-refractivity contribution in [2.75, 3.05) is 6.54 Å². The molecule has 0 atom stereocenters.